The maximum atomic E-state index is 14.5. The summed E-state index contributed by atoms with van der Waals surface area (Å²) in [6.45, 7) is 9.61. The van der Waals surface area contributed by atoms with Crippen LogP contribution in [-0.2, 0) is 9.31 Å². The summed E-state index contributed by atoms with van der Waals surface area (Å²) in [7, 11) is -0.228. The van der Waals surface area contributed by atoms with E-state index in [2.05, 4.69) is 39.8 Å². The van der Waals surface area contributed by atoms with Gasteiger partial charge < -0.3 is 9.31 Å². The van der Waals surface area contributed by atoms with E-state index in [1.165, 1.54) is 13.0 Å². The molecule has 1 atom stereocenters. The van der Waals surface area contributed by atoms with Gasteiger partial charge in [0.1, 0.15) is 5.82 Å². The predicted octanol–water partition coefficient (Wildman–Crippen LogP) is 6.03. The molecule has 0 aromatic heterocycles. The maximum Gasteiger partial charge on any atom is 0.457 e. The van der Waals surface area contributed by atoms with E-state index in [9.17, 15) is 9.18 Å². The zero-order valence-electron chi connectivity index (χ0n) is 18.0. The van der Waals surface area contributed by atoms with Crippen molar-refractivity contribution in [3.05, 3.63) is 71.0 Å². The number of carbonyl (C=O) groups excluding carboxylic acids is 1. The molecule has 0 aliphatic carbocycles. The van der Waals surface area contributed by atoms with Crippen molar-refractivity contribution in [3.63, 3.8) is 0 Å². The van der Waals surface area contributed by atoms with Crippen molar-refractivity contribution in [3.8, 4) is 0 Å². The molecule has 0 spiro atoms. The van der Waals surface area contributed by atoms with Crippen LogP contribution in [0.2, 0.25) is 6.32 Å². The molecule has 2 aromatic carbocycles. The lowest BCUT2D eigenvalue weighted by atomic mass is 9.78. The van der Waals surface area contributed by atoms with E-state index < -0.39 is 5.82 Å². The third-order valence-corrected chi connectivity index (χ3v) is 6.21. The number of carbonyl (C=O) groups is 1. The average Bonchev–Trinajstić information content (AvgIpc) is 2.85. The van der Waals surface area contributed by atoms with Gasteiger partial charge in [0.05, 0.1) is 16.8 Å². The lowest BCUT2D eigenvalue weighted by Gasteiger charge is -2.32. The minimum Gasteiger partial charge on any atom is -0.403 e. The summed E-state index contributed by atoms with van der Waals surface area (Å²) in [5.74, 6) is -0.665. The van der Waals surface area contributed by atoms with E-state index >= 15 is 0 Å². The minimum absolute atomic E-state index is 0.0501. The van der Waals surface area contributed by atoms with Gasteiger partial charge in [-0.1, -0.05) is 42.8 Å². The monoisotopic (exact) mass is 396 g/mol. The Kier molecular flexibility index (Phi) is 6.30. The van der Waals surface area contributed by atoms with Gasteiger partial charge in [-0.15, -0.1) is 0 Å². The molecule has 1 aliphatic rings. The van der Waals surface area contributed by atoms with Gasteiger partial charge in [-0.2, -0.15) is 0 Å². The van der Waals surface area contributed by atoms with Gasteiger partial charge in [-0.05, 0) is 70.6 Å². The molecular formula is C24H30BFO3. The molecule has 1 fully saturated rings. The summed E-state index contributed by atoms with van der Waals surface area (Å²) in [4.78, 5) is 11.6. The van der Waals surface area contributed by atoms with Crippen LogP contribution in [-0.4, -0.2) is 24.1 Å². The van der Waals surface area contributed by atoms with Gasteiger partial charge in [0.15, 0.2) is 5.78 Å². The molecule has 1 unspecified atom stereocenters. The second-order valence-electron chi connectivity index (χ2n) is 8.88. The quantitative estimate of drug-likeness (QED) is 0.423. The molecule has 1 heterocycles. The largest absolute Gasteiger partial charge is 0.457 e. The van der Waals surface area contributed by atoms with E-state index in [1.807, 2.05) is 24.3 Å². The van der Waals surface area contributed by atoms with E-state index in [4.69, 9.17) is 9.31 Å². The van der Waals surface area contributed by atoms with Gasteiger partial charge >= 0.3 is 7.12 Å². The normalized spacial score (nSPS) is 18.6. The van der Waals surface area contributed by atoms with Crippen LogP contribution in [0.5, 0.6) is 0 Å². The highest BCUT2D eigenvalue weighted by atomic mass is 19.1. The minimum atomic E-state index is -0.457. The first kappa shape index (κ1) is 21.7. The van der Waals surface area contributed by atoms with E-state index in [0.29, 0.717) is 0 Å². The summed E-state index contributed by atoms with van der Waals surface area (Å²) in [6, 6.07) is 15.1. The third kappa shape index (κ3) is 4.79. The van der Waals surface area contributed by atoms with Crippen LogP contribution in [0.25, 0.3) is 0 Å². The molecule has 1 aliphatic heterocycles. The number of hydrogen-bond acceptors (Lipinski definition) is 3. The van der Waals surface area contributed by atoms with Crippen LogP contribution in [0, 0.1) is 5.82 Å². The molecule has 0 N–H and O–H groups in total. The molecule has 3 rings (SSSR count). The average molecular weight is 396 g/mol. The Bertz CT molecular complexity index is 848. The number of Topliss-reactive ketones (excluding diaryl/α,β-unsaturated/α-hetero) is 1. The number of benzene rings is 2. The van der Waals surface area contributed by atoms with Crippen LogP contribution < -0.4 is 0 Å². The fourth-order valence-corrected chi connectivity index (χ4v) is 3.82. The number of halogens is 1. The Morgan fingerprint density at radius 3 is 2.17 bits per heavy atom. The van der Waals surface area contributed by atoms with E-state index in [1.54, 1.807) is 6.07 Å². The Balaban J connectivity index is 1.74. The Hall–Kier alpha value is -1.98. The molecule has 1 saturated heterocycles. The first-order valence-corrected chi connectivity index (χ1v) is 10.3. The molecule has 5 heteroatoms. The smallest absolute Gasteiger partial charge is 0.403 e. The topological polar surface area (TPSA) is 35.5 Å². The number of hydrogen-bond donors (Lipinski definition) is 0. The SMILES string of the molecule is CC(=O)c1ccc(C(CCCB2OC(C)(C)C(C)(C)O2)c2ccccc2)cc1F. The lowest BCUT2D eigenvalue weighted by molar-refractivity contribution is 0.00578. The number of rotatable bonds is 7. The van der Waals surface area contributed by atoms with Gasteiger partial charge in [-0.25, -0.2) is 4.39 Å². The molecule has 154 valence electrons. The van der Waals surface area contributed by atoms with Crippen molar-refractivity contribution in [2.45, 2.75) is 70.9 Å². The highest BCUT2D eigenvalue weighted by molar-refractivity contribution is 6.45. The summed E-state index contributed by atoms with van der Waals surface area (Å²) in [5.41, 5.74) is 1.49. The summed E-state index contributed by atoms with van der Waals surface area (Å²) >= 11 is 0. The van der Waals surface area contributed by atoms with Crippen molar-refractivity contribution in [1.82, 2.24) is 0 Å². The second-order valence-corrected chi connectivity index (χ2v) is 8.88. The fourth-order valence-electron chi connectivity index (χ4n) is 3.82. The zero-order chi connectivity index (χ0) is 21.2. The van der Waals surface area contributed by atoms with Crippen LogP contribution in [0.3, 0.4) is 0 Å². The molecular weight excluding hydrogens is 366 g/mol. The molecule has 0 radical (unpaired) electrons. The van der Waals surface area contributed by atoms with Crippen LogP contribution >= 0.6 is 0 Å². The molecule has 0 amide bonds. The second kappa shape index (κ2) is 8.41. The lowest BCUT2D eigenvalue weighted by Crippen LogP contribution is -2.41. The Morgan fingerprint density at radius 1 is 1.00 bits per heavy atom. The molecule has 29 heavy (non-hydrogen) atoms. The zero-order valence-corrected chi connectivity index (χ0v) is 18.0. The molecule has 0 bridgehead atoms. The molecule has 0 saturated carbocycles. The van der Waals surface area contributed by atoms with Crippen molar-refractivity contribution in [2.75, 3.05) is 0 Å². The van der Waals surface area contributed by atoms with Gasteiger partial charge in [0, 0.05) is 5.92 Å². The third-order valence-electron chi connectivity index (χ3n) is 6.21. The van der Waals surface area contributed by atoms with Gasteiger partial charge in [-0.3, -0.25) is 4.79 Å². The van der Waals surface area contributed by atoms with Crippen LogP contribution in [0.4, 0.5) is 4.39 Å². The van der Waals surface area contributed by atoms with Crippen LogP contribution in [0.15, 0.2) is 48.5 Å². The predicted molar refractivity (Wildman–Crippen MR) is 115 cm³/mol. The van der Waals surface area contributed by atoms with Crippen molar-refractivity contribution in [1.29, 1.82) is 0 Å². The molecule has 3 nitrogen and oxygen atoms in total. The highest BCUT2D eigenvalue weighted by Crippen LogP contribution is 2.39. The van der Waals surface area contributed by atoms with E-state index in [-0.39, 0.29) is 35.6 Å². The van der Waals surface area contributed by atoms with Crippen molar-refractivity contribution >= 4 is 12.9 Å². The van der Waals surface area contributed by atoms with Gasteiger partial charge in [0.25, 0.3) is 0 Å². The fraction of sp³-hybridized carbons (Fsp3) is 0.458. The standard InChI is InChI=1S/C24H30BFO3/c1-17(27)20-14-13-19(16-22(20)26)21(18-10-7-6-8-11-18)12-9-15-25-28-23(2,3)24(4,5)29-25/h6-8,10-11,13-14,16,21H,9,12,15H2,1-5H3. The van der Waals surface area contributed by atoms with Crippen molar-refractivity contribution < 1.29 is 18.5 Å². The van der Waals surface area contributed by atoms with Crippen molar-refractivity contribution in [2.24, 2.45) is 0 Å². The van der Waals surface area contributed by atoms with E-state index in [0.717, 1.165) is 30.3 Å². The van der Waals surface area contributed by atoms with Gasteiger partial charge in [0.2, 0.25) is 0 Å². The summed E-state index contributed by atoms with van der Waals surface area (Å²) in [5, 5.41) is 0. The summed E-state index contributed by atoms with van der Waals surface area (Å²) < 4.78 is 26.7. The first-order valence-electron chi connectivity index (χ1n) is 10.3. The Labute approximate surface area is 173 Å². The van der Waals surface area contributed by atoms with Crippen LogP contribution in [0.1, 0.15) is 74.9 Å². The maximum absolute atomic E-state index is 14.5. The first-order chi connectivity index (χ1) is 13.6. The summed E-state index contributed by atoms with van der Waals surface area (Å²) in [6.07, 6.45) is 2.50. The molecule has 2 aromatic rings. The Morgan fingerprint density at radius 2 is 1.62 bits per heavy atom. The highest BCUT2D eigenvalue weighted by Gasteiger charge is 2.50. The number of ketones is 1.